The number of imide groups is 1. The summed E-state index contributed by atoms with van der Waals surface area (Å²) < 4.78 is 0.694. The van der Waals surface area contributed by atoms with Crippen molar-refractivity contribution < 1.29 is 9.59 Å². The smallest absolute Gasteiger partial charge is 0.262 e. The van der Waals surface area contributed by atoms with Crippen LogP contribution in [0.5, 0.6) is 0 Å². The van der Waals surface area contributed by atoms with Crippen LogP contribution in [-0.4, -0.2) is 32.8 Å². The summed E-state index contributed by atoms with van der Waals surface area (Å²) in [6.07, 6.45) is 0.998. The molecule has 2 aromatic carbocycles. The first-order valence-electron chi connectivity index (χ1n) is 8.43. The molecule has 0 radical (unpaired) electrons. The van der Waals surface area contributed by atoms with E-state index in [1.807, 2.05) is 12.1 Å². The van der Waals surface area contributed by atoms with Gasteiger partial charge in [-0.25, -0.2) is 0 Å². The second-order valence-electron chi connectivity index (χ2n) is 5.91. The molecule has 2 amide bonds. The Balaban J connectivity index is 1.39. The van der Waals surface area contributed by atoms with Gasteiger partial charge in [0.15, 0.2) is 4.34 Å². The fraction of sp³-hybridized carbons (Fsp3) is 0.158. The number of rotatable bonds is 6. The molecule has 1 aromatic heterocycles. The molecule has 6 nitrogen and oxygen atoms in total. The first kappa shape index (κ1) is 17.7. The Morgan fingerprint density at radius 1 is 1.00 bits per heavy atom. The summed E-state index contributed by atoms with van der Waals surface area (Å²) in [4.78, 5) is 26.0. The zero-order chi connectivity index (χ0) is 18.8. The van der Waals surface area contributed by atoms with E-state index in [2.05, 4.69) is 34.6 Å². The van der Waals surface area contributed by atoms with Crippen LogP contribution in [0.15, 0.2) is 52.9 Å². The number of aryl methyl sites for hydroxylation is 1. The van der Waals surface area contributed by atoms with Crippen molar-refractivity contribution in [3.8, 4) is 0 Å². The van der Waals surface area contributed by atoms with Gasteiger partial charge in [0.05, 0.1) is 17.0 Å². The molecule has 0 fully saturated rings. The van der Waals surface area contributed by atoms with Gasteiger partial charge in [-0.1, -0.05) is 54.3 Å². The minimum absolute atomic E-state index is 0.214. The monoisotopic (exact) mass is 396 g/mol. The number of aromatic nitrogens is 2. The minimum atomic E-state index is -0.262. The maximum absolute atomic E-state index is 12.4. The lowest BCUT2D eigenvalue weighted by atomic mass is 10.1. The third-order valence-electron chi connectivity index (χ3n) is 4.22. The molecule has 0 bridgehead atoms. The van der Waals surface area contributed by atoms with Crippen molar-refractivity contribution in [1.82, 2.24) is 15.1 Å². The van der Waals surface area contributed by atoms with Gasteiger partial charge in [-0.3, -0.25) is 14.5 Å². The molecule has 136 valence electrons. The largest absolute Gasteiger partial charge is 0.330 e. The number of amides is 2. The van der Waals surface area contributed by atoms with E-state index in [1.54, 1.807) is 24.3 Å². The number of carbonyl (C=O) groups excluding carboxylic acids is 2. The van der Waals surface area contributed by atoms with E-state index in [4.69, 9.17) is 0 Å². The Labute approximate surface area is 164 Å². The summed E-state index contributed by atoms with van der Waals surface area (Å²) in [6.45, 7) is 2.12. The number of benzene rings is 2. The van der Waals surface area contributed by atoms with Gasteiger partial charge in [-0.15, -0.1) is 10.2 Å². The fourth-order valence-electron chi connectivity index (χ4n) is 2.74. The summed E-state index contributed by atoms with van der Waals surface area (Å²) in [7, 11) is 0. The molecule has 0 saturated heterocycles. The van der Waals surface area contributed by atoms with Gasteiger partial charge in [-0.05, 0) is 36.2 Å². The molecule has 8 heteroatoms. The number of hydrogen-bond donors (Lipinski definition) is 1. The Morgan fingerprint density at radius 3 is 2.30 bits per heavy atom. The van der Waals surface area contributed by atoms with Gasteiger partial charge in [0.1, 0.15) is 0 Å². The van der Waals surface area contributed by atoms with Gasteiger partial charge in [0.25, 0.3) is 11.8 Å². The Hall–Kier alpha value is -2.71. The average molecular weight is 396 g/mol. The fourth-order valence-corrected chi connectivity index (χ4v) is 4.44. The number of hydrogen-bond acceptors (Lipinski definition) is 7. The molecule has 0 saturated carbocycles. The lowest BCUT2D eigenvalue weighted by Crippen LogP contribution is -2.29. The molecule has 1 aliphatic rings. The normalized spacial score (nSPS) is 13.1. The van der Waals surface area contributed by atoms with E-state index in [0.29, 0.717) is 20.6 Å². The average Bonchev–Trinajstić information content (AvgIpc) is 3.24. The van der Waals surface area contributed by atoms with E-state index < -0.39 is 0 Å². The highest BCUT2D eigenvalue weighted by molar-refractivity contribution is 8.01. The third-order valence-corrected chi connectivity index (χ3v) is 6.17. The van der Waals surface area contributed by atoms with Crippen molar-refractivity contribution in [3.05, 3.63) is 65.2 Å². The summed E-state index contributed by atoms with van der Waals surface area (Å²) in [5.74, 6) is -0.310. The van der Waals surface area contributed by atoms with Gasteiger partial charge in [0.2, 0.25) is 5.13 Å². The Morgan fingerprint density at radius 2 is 1.67 bits per heavy atom. The molecule has 0 aliphatic carbocycles. The maximum atomic E-state index is 12.4. The molecule has 0 unspecified atom stereocenters. The minimum Gasteiger partial charge on any atom is -0.330 e. The lowest BCUT2D eigenvalue weighted by molar-refractivity contribution is 0.0684. The Bertz CT molecular complexity index is 966. The van der Waals surface area contributed by atoms with Crippen molar-refractivity contribution in [2.75, 3.05) is 11.2 Å². The zero-order valence-corrected chi connectivity index (χ0v) is 16.1. The SMILES string of the molecule is CCc1ccc(Nc2nnc(SCN3C(=O)c4ccccc4C3=O)s2)cc1. The van der Waals surface area contributed by atoms with E-state index in [-0.39, 0.29) is 17.7 Å². The lowest BCUT2D eigenvalue weighted by Gasteiger charge is -2.11. The predicted molar refractivity (Wildman–Crippen MR) is 107 cm³/mol. The van der Waals surface area contributed by atoms with Gasteiger partial charge in [-0.2, -0.15) is 0 Å². The Kier molecular flexibility index (Phi) is 4.91. The zero-order valence-electron chi connectivity index (χ0n) is 14.5. The van der Waals surface area contributed by atoms with E-state index in [0.717, 1.165) is 12.1 Å². The van der Waals surface area contributed by atoms with Crippen LogP contribution >= 0.6 is 23.1 Å². The number of anilines is 2. The predicted octanol–water partition coefficient (Wildman–Crippen LogP) is 4.19. The highest BCUT2D eigenvalue weighted by Crippen LogP contribution is 2.31. The molecule has 3 aromatic rings. The number of carbonyl (C=O) groups is 2. The van der Waals surface area contributed by atoms with Gasteiger partial charge < -0.3 is 5.32 Å². The molecular formula is C19H16N4O2S2. The molecule has 2 heterocycles. The van der Waals surface area contributed by atoms with Crippen molar-refractivity contribution in [2.45, 2.75) is 17.7 Å². The molecule has 0 spiro atoms. The summed E-state index contributed by atoms with van der Waals surface area (Å²) >= 11 is 2.71. The van der Waals surface area contributed by atoms with Crippen LogP contribution in [0.2, 0.25) is 0 Å². The van der Waals surface area contributed by atoms with Crippen molar-refractivity contribution in [3.63, 3.8) is 0 Å². The molecule has 1 aliphatic heterocycles. The first-order chi connectivity index (χ1) is 13.2. The second kappa shape index (κ2) is 7.50. The standard InChI is InChI=1S/C19H16N4O2S2/c1-2-12-7-9-13(10-8-12)20-18-21-22-19(27-18)26-11-23-16(24)14-5-3-4-6-15(14)17(23)25/h3-10H,2,11H2,1H3,(H,20,21). The summed E-state index contributed by atoms with van der Waals surface area (Å²) in [6, 6.07) is 15.0. The quantitative estimate of drug-likeness (QED) is 0.497. The molecular weight excluding hydrogens is 380 g/mol. The topological polar surface area (TPSA) is 75.2 Å². The van der Waals surface area contributed by atoms with Crippen molar-refractivity contribution >= 4 is 45.7 Å². The number of fused-ring (bicyclic) bond motifs is 1. The molecule has 0 atom stereocenters. The van der Waals surface area contributed by atoms with Crippen molar-refractivity contribution in [2.24, 2.45) is 0 Å². The van der Waals surface area contributed by atoms with E-state index in [1.165, 1.54) is 33.6 Å². The van der Waals surface area contributed by atoms with Crippen LogP contribution in [0.1, 0.15) is 33.2 Å². The summed E-state index contributed by atoms with van der Waals surface area (Å²) in [5.41, 5.74) is 3.13. The molecule has 4 rings (SSSR count). The number of nitrogens with zero attached hydrogens (tertiary/aromatic N) is 3. The van der Waals surface area contributed by atoms with E-state index in [9.17, 15) is 9.59 Å². The highest BCUT2D eigenvalue weighted by Gasteiger charge is 2.35. The molecule has 27 heavy (non-hydrogen) atoms. The number of nitrogens with one attached hydrogen (secondary N) is 1. The van der Waals surface area contributed by atoms with Crippen LogP contribution in [0, 0.1) is 0 Å². The van der Waals surface area contributed by atoms with Crippen LogP contribution in [0.3, 0.4) is 0 Å². The maximum Gasteiger partial charge on any atom is 0.262 e. The van der Waals surface area contributed by atoms with Crippen molar-refractivity contribution in [1.29, 1.82) is 0 Å². The van der Waals surface area contributed by atoms with E-state index >= 15 is 0 Å². The number of thioether (sulfide) groups is 1. The summed E-state index contributed by atoms with van der Waals surface area (Å²) in [5, 5.41) is 12.1. The molecule has 1 N–H and O–H groups in total. The first-order valence-corrected chi connectivity index (χ1v) is 10.2. The van der Waals surface area contributed by atoms with Crippen LogP contribution < -0.4 is 5.32 Å². The highest BCUT2D eigenvalue weighted by atomic mass is 32.2. The van der Waals surface area contributed by atoms with Crippen LogP contribution in [0.4, 0.5) is 10.8 Å². The second-order valence-corrected chi connectivity index (χ2v) is 8.08. The van der Waals surface area contributed by atoms with Crippen LogP contribution in [0.25, 0.3) is 0 Å². The van der Waals surface area contributed by atoms with Gasteiger partial charge >= 0.3 is 0 Å². The third kappa shape index (κ3) is 3.58. The van der Waals surface area contributed by atoms with Crippen LogP contribution in [-0.2, 0) is 6.42 Å². The van der Waals surface area contributed by atoms with Gasteiger partial charge in [0, 0.05) is 5.69 Å².